The molecule has 7 nitrogen and oxygen atoms in total. The molecule has 1 aliphatic carbocycles. The largest absolute Gasteiger partial charge is 0.474 e. The molecule has 3 atom stereocenters. The summed E-state index contributed by atoms with van der Waals surface area (Å²) < 4.78 is 11.7. The highest BCUT2D eigenvalue weighted by molar-refractivity contribution is 6.06. The molecule has 0 N–H and O–H groups in total. The molecule has 36 heavy (non-hydrogen) atoms. The Morgan fingerprint density at radius 1 is 1.03 bits per heavy atom. The lowest BCUT2D eigenvalue weighted by atomic mass is 9.97. The topological polar surface area (TPSA) is 76.2 Å². The van der Waals surface area contributed by atoms with Crippen LogP contribution in [0.25, 0.3) is 0 Å². The highest BCUT2D eigenvalue weighted by Crippen LogP contribution is 2.50. The van der Waals surface area contributed by atoms with E-state index in [1.54, 1.807) is 38.7 Å². The van der Waals surface area contributed by atoms with Gasteiger partial charge in [-0.25, -0.2) is 9.69 Å². The Kier molecular flexibility index (Phi) is 5.94. The highest BCUT2D eigenvalue weighted by atomic mass is 16.6. The number of benzene rings is 2. The quantitative estimate of drug-likeness (QED) is 0.454. The second kappa shape index (κ2) is 8.97. The first-order valence-electron chi connectivity index (χ1n) is 12.2. The van der Waals surface area contributed by atoms with Gasteiger partial charge in [0.15, 0.2) is 6.23 Å². The lowest BCUT2D eigenvalue weighted by Gasteiger charge is -2.27. The van der Waals surface area contributed by atoms with Crippen molar-refractivity contribution in [2.45, 2.75) is 58.5 Å². The van der Waals surface area contributed by atoms with Crippen LogP contribution in [0, 0.1) is 5.92 Å². The van der Waals surface area contributed by atoms with Crippen molar-refractivity contribution in [3.8, 4) is 0 Å². The van der Waals surface area contributed by atoms with Gasteiger partial charge in [0.1, 0.15) is 5.60 Å². The molecule has 186 valence electrons. The fourth-order valence-corrected chi connectivity index (χ4v) is 5.16. The molecule has 0 radical (unpaired) electrons. The molecular formula is C29H30N2O5. The molecular weight excluding hydrogens is 456 g/mol. The zero-order valence-corrected chi connectivity index (χ0v) is 20.9. The molecule has 0 bridgehead atoms. The van der Waals surface area contributed by atoms with Crippen LogP contribution >= 0.6 is 0 Å². The number of hydrogen-bond donors (Lipinski definition) is 0. The first-order valence-corrected chi connectivity index (χ1v) is 12.2. The van der Waals surface area contributed by atoms with Gasteiger partial charge in [-0.15, -0.1) is 0 Å². The molecule has 5 rings (SSSR count). The van der Waals surface area contributed by atoms with Crippen molar-refractivity contribution in [1.82, 2.24) is 9.80 Å². The molecule has 0 spiro atoms. The van der Waals surface area contributed by atoms with E-state index in [1.165, 1.54) is 11.2 Å². The van der Waals surface area contributed by atoms with E-state index in [-0.39, 0.29) is 11.8 Å². The lowest BCUT2D eigenvalue weighted by molar-refractivity contribution is -0.132. The van der Waals surface area contributed by atoms with Gasteiger partial charge >= 0.3 is 6.09 Å². The third-order valence-corrected chi connectivity index (χ3v) is 6.76. The van der Waals surface area contributed by atoms with Crippen LogP contribution in [0.3, 0.4) is 0 Å². The smallest absolute Gasteiger partial charge is 0.417 e. The van der Waals surface area contributed by atoms with Crippen molar-refractivity contribution >= 4 is 17.9 Å². The summed E-state index contributed by atoms with van der Waals surface area (Å²) in [7, 11) is 0. The van der Waals surface area contributed by atoms with Crippen LogP contribution in [0.2, 0.25) is 0 Å². The van der Waals surface area contributed by atoms with Gasteiger partial charge in [-0.1, -0.05) is 54.6 Å². The van der Waals surface area contributed by atoms with Crippen molar-refractivity contribution in [3.63, 3.8) is 0 Å². The van der Waals surface area contributed by atoms with Gasteiger partial charge in [0.25, 0.3) is 11.8 Å². The minimum Gasteiger partial charge on any atom is -0.474 e. The van der Waals surface area contributed by atoms with Crippen LogP contribution in [0.1, 0.15) is 50.4 Å². The van der Waals surface area contributed by atoms with Gasteiger partial charge in [0.2, 0.25) is 0 Å². The Bertz CT molecular complexity index is 1270. The average Bonchev–Trinajstić information content (AvgIpc) is 3.41. The summed E-state index contributed by atoms with van der Waals surface area (Å²) in [6, 6.07) is 17.1. The molecule has 2 aromatic rings. The van der Waals surface area contributed by atoms with Crippen LogP contribution in [-0.2, 0) is 32.0 Å². The summed E-state index contributed by atoms with van der Waals surface area (Å²) >= 11 is 0. The summed E-state index contributed by atoms with van der Waals surface area (Å²) in [5.41, 5.74) is 3.29. The van der Waals surface area contributed by atoms with Gasteiger partial charge in [-0.3, -0.25) is 14.5 Å². The Balaban J connectivity index is 1.44. The van der Waals surface area contributed by atoms with E-state index >= 15 is 0 Å². The first kappa shape index (κ1) is 23.9. The number of ether oxygens (including phenoxy) is 2. The highest BCUT2D eigenvalue weighted by Gasteiger charge is 2.53. The molecule has 0 saturated carbocycles. The van der Waals surface area contributed by atoms with Gasteiger partial charge in [0.05, 0.1) is 17.9 Å². The van der Waals surface area contributed by atoms with Crippen molar-refractivity contribution < 1.29 is 23.9 Å². The molecule has 2 aromatic carbocycles. The number of carbonyl (C=O) groups excluding carboxylic acids is 3. The van der Waals surface area contributed by atoms with Crippen LogP contribution < -0.4 is 0 Å². The summed E-state index contributed by atoms with van der Waals surface area (Å²) in [5, 5.41) is 0. The monoisotopic (exact) mass is 486 g/mol. The molecule has 3 unspecified atom stereocenters. The van der Waals surface area contributed by atoms with Gasteiger partial charge < -0.3 is 9.47 Å². The summed E-state index contributed by atoms with van der Waals surface area (Å²) in [6.07, 6.45) is 2.51. The number of hydrogen-bond acceptors (Lipinski definition) is 5. The van der Waals surface area contributed by atoms with Crippen molar-refractivity contribution in [3.05, 3.63) is 94.8 Å². The molecule has 3 amide bonds. The minimum absolute atomic E-state index is 0.110. The maximum Gasteiger partial charge on any atom is 0.417 e. The molecule has 3 aliphatic rings. The fraction of sp³-hybridized carbons (Fsp3) is 0.345. The van der Waals surface area contributed by atoms with E-state index in [0.717, 1.165) is 16.7 Å². The molecule has 1 fully saturated rings. The van der Waals surface area contributed by atoms with Crippen molar-refractivity contribution in [1.29, 1.82) is 0 Å². The summed E-state index contributed by atoms with van der Waals surface area (Å²) in [4.78, 5) is 42.3. The number of nitrogens with zero attached hydrogens (tertiary/aromatic N) is 2. The van der Waals surface area contributed by atoms with E-state index in [0.29, 0.717) is 24.1 Å². The van der Waals surface area contributed by atoms with E-state index in [2.05, 4.69) is 0 Å². The predicted octanol–water partition coefficient (Wildman–Crippen LogP) is 4.89. The summed E-state index contributed by atoms with van der Waals surface area (Å²) in [6.45, 7) is 7.47. The number of likely N-dealkylation sites (tertiary alicyclic amines) is 1. The number of fused-ring (bicyclic) bond motifs is 3. The normalized spacial score (nSPS) is 24.2. The Labute approximate surface area is 211 Å². The number of rotatable bonds is 4. The van der Waals surface area contributed by atoms with Crippen LogP contribution in [0.4, 0.5) is 4.79 Å². The van der Waals surface area contributed by atoms with E-state index < -0.39 is 29.9 Å². The van der Waals surface area contributed by atoms with Gasteiger partial charge in [-0.2, -0.15) is 0 Å². The Hall–Kier alpha value is -3.87. The second-order valence-corrected chi connectivity index (χ2v) is 10.5. The summed E-state index contributed by atoms with van der Waals surface area (Å²) in [5.74, 6) is -0.776. The van der Waals surface area contributed by atoms with Crippen molar-refractivity contribution in [2.24, 2.45) is 5.92 Å². The molecule has 2 aliphatic heterocycles. The molecule has 7 heteroatoms. The third-order valence-electron chi connectivity index (χ3n) is 6.76. The van der Waals surface area contributed by atoms with Gasteiger partial charge in [0, 0.05) is 18.0 Å². The molecule has 0 aromatic heterocycles. The van der Waals surface area contributed by atoms with Crippen molar-refractivity contribution in [2.75, 3.05) is 0 Å². The number of imide groups is 1. The number of amides is 3. The zero-order chi connectivity index (χ0) is 25.6. The standard InChI is InChI=1S/C29H30N2O5/c1-18-14-24(30(26(18)32)16-19-10-6-5-7-11-19)35-17-23-22-15-20-12-8-9-13-21(20)25(22)31(27(23)33)28(34)36-29(2,3)4/h5-14,17,22,24-25H,15-16H2,1-4H3/b23-17+. The second-order valence-electron chi connectivity index (χ2n) is 10.5. The Morgan fingerprint density at radius 3 is 2.44 bits per heavy atom. The molecule has 2 heterocycles. The van der Waals surface area contributed by atoms with Crippen LogP contribution in [0.15, 0.2) is 78.1 Å². The first-order chi connectivity index (χ1) is 17.1. The molecule has 1 saturated heterocycles. The predicted molar refractivity (Wildman–Crippen MR) is 133 cm³/mol. The maximum absolute atomic E-state index is 13.5. The zero-order valence-electron chi connectivity index (χ0n) is 20.9. The number of carbonyl (C=O) groups is 3. The van der Waals surface area contributed by atoms with Crippen LogP contribution in [0.5, 0.6) is 0 Å². The third kappa shape index (κ3) is 4.30. The van der Waals surface area contributed by atoms with E-state index in [9.17, 15) is 14.4 Å². The van der Waals surface area contributed by atoms with Crippen LogP contribution in [-0.4, -0.2) is 39.5 Å². The SMILES string of the molecule is CC1=CC(O/C=C2/C(=O)N(C(=O)OC(C)(C)C)C3c4ccccc4CC23)N(Cc2ccccc2)C1=O. The minimum atomic E-state index is -0.738. The van der Waals surface area contributed by atoms with E-state index in [1.807, 2.05) is 54.6 Å². The Morgan fingerprint density at radius 2 is 1.72 bits per heavy atom. The average molecular weight is 487 g/mol. The maximum atomic E-state index is 13.5. The fourth-order valence-electron chi connectivity index (χ4n) is 5.16. The lowest BCUT2D eigenvalue weighted by Crippen LogP contribution is -2.39. The van der Waals surface area contributed by atoms with Gasteiger partial charge in [-0.05, 0) is 56.9 Å². The van der Waals surface area contributed by atoms with E-state index in [4.69, 9.17) is 9.47 Å².